The van der Waals surface area contributed by atoms with Crippen LogP contribution in [0.4, 0.5) is 0 Å². The van der Waals surface area contributed by atoms with Crippen molar-refractivity contribution >= 4 is 5.91 Å². The molecule has 0 aromatic heterocycles. The van der Waals surface area contributed by atoms with Crippen LogP contribution in [0.1, 0.15) is 17.5 Å². The molecule has 0 bridgehead atoms. The molecule has 19 heavy (non-hydrogen) atoms. The van der Waals surface area contributed by atoms with Gasteiger partial charge in [-0.2, -0.15) is 0 Å². The summed E-state index contributed by atoms with van der Waals surface area (Å²) in [6.45, 7) is 2.60. The fraction of sp³-hybridized carbons (Fsp3) is 0.533. The van der Waals surface area contributed by atoms with Crippen LogP contribution in [0.15, 0.2) is 24.3 Å². The fourth-order valence-electron chi connectivity index (χ4n) is 2.97. The van der Waals surface area contributed by atoms with Crippen molar-refractivity contribution in [1.29, 1.82) is 0 Å². The number of hydrogen-bond acceptors (Lipinski definition) is 3. The number of hydrogen-bond donors (Lipinski definition) is 2. The van der Waals surface area contributed by atoms with Crippen LogP contribution in [0.25, 0.3) is 0 Å². The number of fused-ring (bicyclic) bond motifs is 1. The Bertz CT molecular complexity index is 477. The summed E-state index contributed by atoms with van der Waals surface area (Å²) in [5.74, 6) is 0.102. The number of aryl methyl sites for hydroxylation is 1. The van der Waals surface area contributed by atoms with Gasteiger partial charge < -0.3 is 15.3 Å². The molecule has 0 unspecified atom stereocenters. The van der Waals surface area contributed by atoms with Crippen molar-refractivity contribution in [3.05, 3.63) is 35.4 Å². The summed E-state index contributed by atoms with van der Waals surface area (Å²) in [6.07, 6.45) is 2.03. The molecule has 4 nitrogen and oxygen atoms in total. The highest BCUT2D eigenvalue weighted by molar-refractivity contribution is 5.84. The third-order valence-corrected chi connectivity index (χ3v) is 4.32. The summed E-state index contributed by atoms with van der Waals surface area (Å²) in [5, 5.41) is 12.6. The van der Waals surface area contributed by atoms with E-state index in [4.69, 9.17) is 0 Å². The van der Waals surface area contributed by atoms with Gasteiger partial charge in [-0.1, -0.05) is 24.3 Å². The summed E-state index contributed by atoms with van der Waals surface area (Å²) < 4.78 is 0. The highest BCUT2D eigenvalue weighted by Gasteiger charge is 2.46. The molecule has 1 aromatic rings. The molecule has 102 valence electrons. The van der Waals surface area contributed by atoms with Gasteiger partial charge in [-0.05, 0) is 24.0 Å². The molecule has 0 spiro atoms. The maximum Gasteiger partial charge on any atom is 0.234 e. The second-order valence-electron chi connectivity index (χ2n) is 5.64. The second-order valence-corrected chi connectivity index (χ2v) is 5.64. The number of benzene rings is 1. The zero-order chi connectivity index (χ0) is 13.3. The van der Waals surface area contributed by atoms with E-state index >= 15 is 0 Å². The van der Waals surface area contributed by atoms with Crippen LogP contribution >= 0.6 is 0 Å². The van der Waals surface area contributed by atoms with Crippen LogP contribution < -0.4 is 5.32 Å². The maximum absolute atomic E-state index is 12.6. The maximum atomic E-state index is 12.6. The Kier molecular flexibility index (Phi) is 3.29. The Morgan fingerprint density at radius 2 is 2.05 bits per heavy atom. The third kappa shape index (κ3) is 2.15. The van der Waals surface area contributed by atoms with E-state index in [1.807, 2.05) is 11.0 Å². The van der Waals surface area contributed by atoms with Crippen molar-refractivity contribution in [3.8, 4) is 0 Å². The molecule has 1 saturated heterocycles. The second kappa shape index (κ2) is 4.94. The topological polar surface area (TPSA) is 52.6 Å². The summed E-state index contributed by atoms with van der Waals surface area (Å²) >= 11 is 0. The van der Waals surface area contributed by atoms with E-state index in [0.717, 1.165) is 19.4 Å². The highest BCUT2D eigenvalue weighted by atomic mass is 16.3. The van der Waals surface area contributed by atoms with E-state index in [9.17, 15) is 9.90 Å². The zero-order valence-electron chi connectivity index (χ0n) is 11.1. The van der Waals surface area contributed by atoms with Crippen molar-refractivity contribution in [1.82, 2.24) is 10.2 Å². The first kappa shape index (κ1) is 12.6. The van der Waals surface area contributed by atoms with Crippen molar-refractivity contribution in [2.24, 2.45) is 5.41 Å². The van der Waals surface area contributed by atoms with Gasteiger partial charge in [0.05, 0.1) is 12.0 Å². The van der Waals surface area contributed by atoms with Gasteiger partial charge in [0.1, 0.15) is 0 Å². The molecule has 0 radical (unpaired) electrons. The fourth-order valence-corrected chi connectivity index (χ4v) is 2.97. The quantitative estimate of drug-likeness (QED) is 0.816. The standard InChI is InChI=1S/C15H20N2O2/c18-11-15(9-16-10-15)14(19)17-7-3-6-12-4-1-2-5-13(12)8-17/h1-2,4-5,16,18H,3,6-11H2. The minimum absolute atomic E-state index is 0.0586. The van der Waals surface area contributed by atoms with E-state index < -0.39 is 5.41 Å². The first-order chi connectivity index (χ1) is 9.25. The molecule has 0 atom stereocenters. The Labute approximate surface area is 113 Å². The van der Waals surface area contributed by atoms with E-state index in [1.54, 1.807) is 0 Å². The number of carbonyl (C=O) groups excluding carboxylic acids is 1. The predicted octanol–water partition coefficient (Wildman–Crippen LogP) is 0.543. The molecule has 2 heterocycles. The minimum atomic E-state index is -0.570. The molecule has 1 amide bonds. The number of aliphatic hydroxyl groups is 1. The largest absolute Gasteiger partial charge is 0.395 e. The van der Waals surface area contributed by atoms with Crippen molar-refractivity contribution in [2.45, 2.75) is 19.4 Å². The van der Waals surface area contributed by atoms with Crippen molar-refractivity contribution in [3.63, 3.8) is 0 Å². The van der Waals surface area contributed by atoms with Gasteiger partial charge in [0.25, 0.3) is 0 Å². The molecule has 2 N–H and O–H groups in total. The monoisotopic (exact) mass is 260 g/mol. The molecule has 3 rings (SSSR count). The number of nitrogens with zero attached hydrogens (tertiary/aromatic N) is 1. The smallest absolute Gasteiger partial charge is 0.234 e. The number of rotatable bonds is 2. The minimum Gasteiger partial charge on any atom is -0.395 e. The van der Waals surface area contributed by atoms with Crippen molar-refractivity contribution in [2.75, 3.05) is 26.2 Å². The van der Waals surface area contributed by atoms with Gasteiger partial charge in [-0.25, -0.2) is 0 Å². The first-order valence-corrected chi connectivity index (χ1v) is 6.93. The molecule has 0 saturated carbocycles. The van der Waals surface area contributed by atoms with E-state index in [0.29, 0.717) is 19.6 Å². The number of carbonyl (C=O) groups is 1. The van der Waals surface area contributed by atoms with E-state index in [1.165, 1.54) is 11.1 Å². The third-order valence-electron chi connectivity index (χ3n) is 4.32. The summed E-state index contributed by atoms with van der Waals surface area (Å²) in [7, 11) is 0. The van der Waals surface area contributed by atoms with Gasteiger partial charge in [0.2, 0.25) is 5.91 Å². The Balaban J connectivity index is 1.81. The molecule has 1 fully saturated rings. The number of amides is 1. The Hall–Kier alpha value is -1.39. The lowest BCUT2D eigenvalue weighted by Gasteiger charge is -2.42. The lowest BCUT2D eigenvalue weighted by Crippen LogP contribution is -2.63. The molecule has 2 aliphatic heterocycles. The van der Waals surface area contributed by atoms with Gasteiger partial charge >= 0.3 is 0 Å². The molecule has 4 heteroatoms. The SMILES string of the molecule is O=C(N1CCCc2ccccc2C1)C1(CO)CNC1. The number of aliphatic hydroxyl groups excluding tert-OH is 1. The van der Waals surface area contributed by atoms with Crippen LogP contribution in [0.2, 0.25) is 0 Å². The van der Waals surface area contributed by atoms with Crippen LogP contribution in [0, 0.1) is 5.41 Å². The van der Waals surface area contributed by atoms with E-state index in [-0.39, 0.29) is 12.5 Å². The van der Waals surface area contributed by atoms with Crippen molar-refractivity contribution < 1.29 is 9.90 Å². The molecule has 0 aliphatic carbocycles. The molecular weight excluding hydrogens is 240 g/mol. The first-order valence-electron chi connectivity index (χ1n) is 6.93. The van der Waals surface area contributed by atoms with Crippen LogP contribution in [0.5, 0.6) is 0 Å². The average Bonchev–Trinajstić information content (AvgIpc) is 2.60. The molecular formula is C15H20N2O2. The zero-order valence-corrected chi connectivity index (χ0v) is 11.1. The normalized spacial score (nSPS) is 21.2. The lowest BCUT2D eigenvalue weighted by molar-refractivity contribution is -0.149. The van der Waals surface area contributed by atoms with Crippen LogP contribution in [0.3, 0.4) is 0 Å². The highest BCUT2D eigenvalue weighted by Crippen LogP contribution is 2.28. The molecule has 1 aromatic carbocycles. The molecule has 2 aliphatic rings. The Morgan fingerprint density at radius 3 is 2.68 bits per heavy atom. The Morgan fingerprint density at radius 1 is 1.32 bits per heavy atom. The van der Waals surface area contributed by atoms with Gasteiger partial charge in [-0.15, -0.1) is 0 Å². The van der Waals surface area contributed by atoms with Gasteiger partial charge in [-0.3, -0.25) is 4.79 Å². The predicted molar refractivity (Wildman–Crippen MR) is 72.6 cm³/mol. The van der Waals surface area contributed by atoms with Crippen LogP contribution in [-0.4, -0.2) is 42.2 Å². The number of nitrogens with one attached hydrogen (secondary N) is 1. The van der Waals surface area contributed by atoms with Crippen LogP contribution in [-0.2, 0) is 17.8 Å². The summed E-state index contributed by atoms with van der Waals surface area (Å²) in [4.78, 5) is 14.5. The van der Waals surface area contributed by atoms with Gasteiger partial charge in [0.15, 0.2) is 0 Å². The average molecular weight is 260 g/mol. The summed E-state index contributed by atoms with van der Waals surface area (Å²) in [6, 6.07) is 8.34. The lowest BCUT2D eigenvalue weighted by atomic mass is 9.81. The van der Waals surface area contributed by atoms with Gasteiger partial charge in [0, 0.05) is 26.2 Å². The van der Waals surface area contributed by atoms with E-state index in [2.05, 4.69) is 23.5 Å². The summed E-state index contributed by atoms with van der Waals surface area (Å²) in [5.41, 5.74) is 2.02.